The molecule has 0 saturated carbocycles. The summed E-state index contributed by atoms with van der Waals surface area (Å²) < 4.78 is 17.8. The molecule has 3 aromatic carbocycles. The van der Waals surface area contributed by atoms with Crippen molar-refractivity contribution in [3.63, 3.8) is 0 Å². The topological polar surface area (TPSA) is 65.1 Å². The molecule has 3 aromatic rings. The lowest BCUT2D eigenvalue weighted by atomic mass is 9.97. The summed E-state index contributed by atoms with van der Waals surface area (Å²) in [6, 6.07) is 22.4. The number of fused-ring (bicyclic) bond motifs is 1. The molecule has 0 saturated heterocycles. The number of esters is 1. The van der Waals surface area contributed by atoms with Crippen LogP contribution in [0.2, 0.25) is 0 Å². The van der Waals surface area contributed by atoms with Crippen LogP contribution in [0, 0.1) is 0 Å². The third-order valence-electron chi connectivity index (χ3n) is 5.15. The van der Waals surface area contributed by atoms with E-state index in [9.17, 15) is 9.59 Å². The number of hydrogen-bond acceptors (Lipinski definition) is 5. The first-order valence-electron chi connectivity index (χ1n) is 10.1. The van der Waals surface area contributed by atoms with Gasteiger partial charge in [0.15, 0.2) is 11.5 Å². The molecule has 1 aliphatic heterocycles. The molecule has 0 spiro atoms. The predicted molar refractivity (Wildman–Crippen MR) is 120 cm³/mol. The molecule has 6 nitrogen and oxygen atoms in total. The Labute approximate surface area is 186 Å². The number of benzene rings is 3. The van der Waals surface area contributed by atoms with Crippen LogP contribution in [0.25, 0.3) is 6.08 Å². The quantitative estimate of drug-likeness (QED) is 0.448. The minimum atomic E-state index is -1.27. The molecule has 162 valence electrons. The first kappa shape index (κ1) is 21.2. The number of nitrogens with zero attached hydrogens (tertiary/aromatic N) is 1. The average Bonchev–Trinajstić information content (AvgIpc) is 3.23. The third kappa shape index (κ3) is 3.83. The Morgan fingerprint density at radius 2 is 1.50 bits per heavy atom. The molecule has 0 N–H and O–H groups in total. The maximum Gasteiger partial charge on any atom is 0.341 e. The van der Waals surface area contributed by atoms with E-state index < -0.39 is 11.8 Å². The minimum absolute atomic E-state index is 0.176. The minimum Gasteiger partial charge on any atom is -0.465 e. The van der Waals surface area contributed by atoms with Crippen LogP contribution in [0.5, 0.6) is 11.5 Å². The maximum atomic E-state index is 12.6. The zero-order valence-electron chi connectivity index (χ0n) is 18.1. The predicted octanol–water partition coefficient (Wildman–Crippen LogP) is 4.25. The van der Waals surface area contributed by atoms with E-state index in [-0.39, 0.29) is 11.5 Å². The van der Waals surface area contributed by atoms with Crippen molar-refractivity contribution in [2.45, 2.75) is 5.79 Å². The van der Waals surface area contributed by atoms with Crippen molar-refractivity contribution in [2.75, 3.05) is 21.2 Å². The normalized spacial score (nSPS) is 13.7. The SMILES string of the molecule is COC(=O)c1cc(C=CC(=O)N(C)C)cc2c1OC(c1ccccc1)(c1ccccc1)O2. The fraction of sp³-hybridized carbons (Fsp3) is 0.154. The van der Waals surface area contributed by atoms with E-state index in [1.165, 1.54) is 18.1 Å². The van der Waals surface area contributed by atoms with Gasteiger partial charge < -0.3 is 19.1 Å². The molecule has 0 unspecified atom stereocenters. The van der Waals surface area contributed by atoms with E-state index in [4.69, 9.17) is 14.2 Å². The number of carbonyl (C=O) groups excluding carboxylic acids is 2. The van der Waals surface area contributed by atoms with Crippen LogP contribution in [-0.4, -0.2) is 38.0 Å². The molecular formula is C26H23NO5. The lowest BCUT2D eigenvalue weighted by Gasteiger charge is -2.28. The molecule has 1 amide bonds. The Bertz CT molecular complexity index is 1130. The number of likely N-dealkylation sites (N-methyl/N-ethyl adjacent to an activating group) is 1. The summed E-state index contributed by atoms with van der Waals surface area (Å²) in [5, 5.41) is 0. The highest BCUT2D eigenvalue weighted by molar-refractivity contribution is 5.96. The van der Waals surface area contributed by atoms with Gasteiger partial charge in [-0.1, -0.05) is 60.7 Å². The van der Waals surface area contributed by atoms with E-state index >= 15 is 0 Å². The van der Waals surface area contributed by atoms with E-state index in [1.807, 2.05) is 60.7 Å². The highest BCUT2D eigenvalue weighted by Gasteiger charge is 2.47. The van der Waals surface area contributed by atoms with Gasteiger partial charge >= 0.3 is 11.8 Å². The van der Waals surface area contributed by atoms with Crippen LogP contribution in [0.4, 0.5) is 0 Å². The van der Waals surface area contributed by atoms with Gasteiger partial charge in [-0.2, -0.15) is 0 Å². The van der Waals surface area contributed by atoms with Crippen molar-refractivity contribution in [3.8, 4) is 11.5 Å². The van der Waals surface area contributed by atoms with Crippen LogP contribution in [0.1, 0.15) is 27.0 Å². The van der Waals surface area contributed by atoms with Crippen molar-refractivity contribution in [1.82, 2.24) is 4.90 Å². The van der Waals surface area contributed by atoms with Gasteiger partial charge in [0.05, 0.1) is 7.11 Å². The van der Waals surface area contributed by atoms with Crippen LogP contribution in [-0.2, 0) is 15.3 Å². The van der Waals surface area contributed by atoms with Gasteiger partial charge in [0, 0.05) is 31.3 Å². The summed E-state index contributed by atoms with van der Waals surface area (Å²) in [7, 11) is 4.64. The Kier molecular flexibility index (Phi) is 5.69. The van der Waals surface area contributed by atoms with Crippen LogP contribution in [0.3, 0.4) is 0 Å². The van der Waals surface area contributed by atoms with E-state index in [0.717, 1.165) is 11.1 Å². The maximum absolute atomic E-state index is 12.6. The summed E-state index contributed by atoms with van der Waals surface area (Å²) in [6.45, 7) is 0. The number of ether oxygens (including phenoxy) is 3. The molecule has 4 rings (SSSR count). The second-order valence-corrected chi connectivity index (χ2v) is 7.51. The second-order valence-electron chi connectivity index (χ2n) is 7.51. The smallest absolute Gasteiger partial charge is 0.341 e. The average molecular weight is 429 g/mol. The Hall–Kier alpha value is -4.06. The van der Waals surface area contributed by atoms with Crippen molar-refractivity contribution in [1.29, 1.82) is 0 Å². The molecule has 0 fully saturated rings. The first-order valence-corrected chi connectivity index (χ1v) is 10.1. The van der Waals surface area contributed by atoms with Crippen molar-refractivity contribution in [3.05, 3.63) is 101 Å². The first-order chi connectivity index (χ1) is 15.4. The molecule has 0 atom stereocenters. The molecule has 0 radical (unpaired) electrons. The summed E-state index contributed by atoms with van der Waals surface area (Å²) in [5.74, 6) is -1.32. The van der Waals surface area contributed by atoms with Gasteiger partial charge in [0.25, 0.3) is 0 Å². The summed E-state index contributed by atoms with van der Waals surface area (Å²) in [6.07, 6.45) is 3.06. The van der Waals surface area contributed by atoms with Crippen molar-refractivity contribution < 1.29 is 23.8 Å². The second kappa shape index (κ2) is 8.59. The number of rotatable bonds is 5. The molecule has 32 heavy (non-hydrogen) atoms. The number of amides is 1. The van der Waals surface area contributed by atoms with Crippen molar-refractivity contribution >= 4 is 18.0 Å². The molecule has 0 bridgehead atoms. The largest absolute Gasteiger partial charge is 0.465 e. The molecule has 0 aliphatic carbocycles. The molecule has 1 aliphatic rings. The van der Waals surface area contributed by atoms with Gasteiger partial charge in [-0.05, 0) is 23.8 Å². The number of carbonyl (C=O) groups is 2. The molecule has 1 heterocycles. The van der Waals surface area contributed by atoms with Crippen LogP contribution >= 0.6 is 0 Å². The summed E-state index contributed by atoms with van der Waals surface area (Å²) in [5.41, 5.74) is 2.38. The van der Waals surface area contributed by atoms with E-state index in [1.54, 1.807) is 32.3 Å². The van der Waals surface area contributed by atoms with Crippen LogP contribution in [0.15, 0.2) is 78.9 Å². The Balaban J connectivity index is 1.86. The van der Waals surface area contributed by atoms with E-state index in [2.05, 4.69) is 0 Å². The highest BCUT2D eigenvalue weighted by atomic mass is 16.7. The van der Waals surface area contributed by atoms with Gasteiger partial charge in [0.2, 0.25) is 5.91 Å². The zero-order valence-corrected chi connectivity index (χ0v) is 18.1. The zero-order chi connectivity index (χ0) is 22.7. The summed E-state index contributed by atoms with van der Waals surface area (Å²) in [4.78, 5) is 26.0. The molecule has 6 heteroatoms. The lowest BCUT2D eigenvalue weighted by Crippen LogP contribution is -2.36. The van der Waals surface area contributed by atoms with Gasteiger partial charge in [-0.3, -0.25) is 4.79 Å². The van der Waals surface area contributed by atoms with Gasteiger partial charge in [-0.15, -0.1) is 0 Å². The molecular weight excluding hydrogens is 406 g/mol. The highest BCUT2D eigenvalue weighted by Crippen LogP contribution is 2.50. The monoisotopic (exact) mass is 429 g/mol. The summed E-state index contributed by atoms with van der Waals surface area (Å²) >= 11 is 0. The number of hydrogen-bond donors (Lipinski definition) is 0. The lowest BCUT2D eigenvalue weighted by molar-refractivity contribution is -0.123. The fourth-order valence-electron chi connectivity index (χ4n) is 3.52. The van der Waals surface area contributed by atoms with E-state index in [0.29, 0.717) is 17.1 Å². The van der Waals surface area contributed by atoms with Gasteiger partial charge in [-0.25, -0.2) is 4.79 Å². The molecule has 0 aromatic heterocycles. The van der Waals surface area contributed by atoms with Crippen molar-refractivity contribution in [2.24, 2.45) is 0 Å². The Morgan fingerprint density at radius 1 is 0.906 bits per heavy atom. The third-order valence-corrected chi connectivity index (χ3v) is 5.15. The van der Waals surface area contributed by atoms with Crippen LogP contribution < -0.4 is 9.47 Å². The Morgan fingerprint density at radius 3 is 2.03 bits per heavy atom. The van der Waals surface area contributed by atoms with Gasteiger partial charge in [0.1, 0.15) is 5.56 Å². The fourth-order valence-corrected chi connectivity index (χ4v) is 3.52. The standard InChI is InChI=1S/C26H23NO5/c1-27(2)23(28)15-14-18-16-21(25(29)30-3)24-22(17-18)31-26(32-24,19-10-6-4-7-11-19)20-12-8-5-9-13-20/h4-17H,1-3H3. The number of methoxy groups -OCH3 is 1.